The van der Waals surface area contributed by atoms with Crippen LogP contribution < -0.4 is 17.2 Å². The molecule has 0 spiro atoms. The molecule has 0 saturated carbocycles. The van der Waals surface area contributed by atoms with Crippen LogP contribution in [0.15, 0.2) is 0 Å². The van der Waals surface area contributed by atoms with E-state index in [1.807, 2.05) is 0 Å². The van der Waals surface area contributed by atoms with Gasteiger partial charge in [-0.15, -0.1) is 0 Å². The fourth-order valence-corrected chi connectivity index (χ4v) is 1.84. The van der Waals surface area contributed by atoms with Gasteiger partial charge in [-0.05, 0) is 0 Å². The summed E-state index contributed by atoms with van der Waals surface area (Å²) in [6.07, 6.45) is 0.325. The minimum absolute atomic E-state index is 0.0112. The highest BCUT2D eigenvalue weighted by Gasteiger charge is 2.11. The van der Waals surface area contributed by atoms with Crippen molar-refractivity contribution in [2.45, 2.75) is 6.42 Å². The minimum atomic E-state index is 0.0112. The van der Waals surface area contributed by atoms with Crippen molar-refractivity contribution < 1.29 is 23.7 Å². The highest BCUT2D eigenvalue weighted by Crippen LogP contribution is 1.94. The van der Waals surface area contributed by atoms with Crippen molar-refractivity contribution in [3.05, 3.63) is 0 Å². The van der Waals surface area contributed by atoms with Crippen LogP contribution in [0.2, 0.25) is 0 Å². The van der Waals surface area contributed by atoms with Gasteiger partial charge in [0.05, 0.1) is 59.3 Å². The van der Waals surface area contributed by atoms with Gasteiger partial charge < -0.3 is 41.0 Å². The van der Waals surface area contributed by atoms with E-state index in [4.69, 9.17) is 36.1 Å². The van der Waals surface area contributed by atoms with E-state index in [1.54, 1.807) is 4.90 Å². The summed E-state index contributed by atoms with van der Waals surface area (Å²) in [7, 11) is 0. The Morgan fingerprint density at radius 3 is 1.46 bits per heavy atom. The molecule has 0 bridgehead atoms. The standard InChI is InChI=1S/C15H34N4O5/c16-2-5-19(6-3-17)15(20)1-7-21-9-11-23-13-14-24-12-10-22-8-4-18/h1-14,16-18H2. The second-order valence-corrected chi connectivity index (χ2v) is 4.95. The first-order valence-electron chi connectivity index (χ1n) is 8.45. The SMILES string of the molecule is NCCOCCOCCOCCOCCC(=O)N(CCN)CCN. The summed E-state index contributed by atoms with van der Waals surface area (Å²) in [5.74, 6) is 0.0112. The molecule has 0 atom stereocenters. The van der Waals surface area contributed by atoms with Crippen molar-refractivity contribution in [3.63, 3.8) is 0 Å². The third kappa shape index (κ3) is 14.8. The molecule has 0 radical (unpaired) electrons. The monoisotopic (exact) mass is 350 g/mol. The Labute approximate surface area is 144 Å². The van der Waals surface area contributed by atoms with E-state index in [2.05, 4.69) is 0 Å². The van der Waals surface area contributed by atoms with Gasteiger partial charge in [0, 0.05) is 32.7 Å². The Morgan fingerprint density at radius 1 is 0.625 bits per heavy atom. The summed E-state index contributed by atoms with van der Waals surface area (Å²) >= 11 is 0. The molecule has 0 aliphatic heterocycles. The average molecular weight is 350 g/mol. The molecule has 1 amide bonds. The molecule has 24 heavy (non-hydrogen) atoms. The number of nitrogens with zero attached hydrogens (tertiary/aromatic N) is 1. The number of carbonyl (C=O) groups is 1. The zero-order valence-corrected chi connectivity index (χ0v) is 14.6. The van der Waals surface area contributed by atoms with Crippen LogP contribution in [-0.4, -0.2) is 96.4 Å². The van der Waals surface area contributed by atoms with Gasteiger partial charge in [-0.25, -0.2) is 0 Å². The molecule has 0 aromatic carbocycles. The number of hydrogen-bond donors (Lipinski definition) is 3. The van der Waals surface area contributed by atoms with E-state index in [0.29, 0.717) is 92.0 Å². The first-order chi connectivity index (χ1) is 11.8. The third-order valence-corrected chi connectivity index (χ3v) is 2.99. The predicted molar refractivity (Wildman–Crippen MR) is 91.6 cm³/mol. The molecule has 0 aliphatic rings. The zero-order chi connectivity index (χ0) is 17.9. The molecule has 0 fully saturated rings. The predicted octanol–water partition coefficient (Wildman–Crippen LogP) is -1.85. The summed E-state index contributed by atoms with van der Waals surface area (Å²) in [4.78, 5) is 13.6. The largest absolute Gasteiger partial charge is 0.379 e. The highest BCUT2D eigenvalue weighted by molar-refractivity contribution is 5.76. The minimum Gasteiger partial charge on any atom is -0.379 e. The first kappa shape index (κ1) is 23.2. The number of carbonyl (C=O) groups excluding carboxylic acids is 1. The van der Waals surface area contributed by atoms with Crippen LogP contribution in [0.4, 0.5) is 0 Å². The lowest BCUT2D eigenvalue weighted by Gasteiger charge is -2.21. The van der Waals surface area contributed by atoms with E-state index in [0.717, 1.165) is 0 Å². The van der Waals surface area contributed by atoms with Gasteiger partial charge in [-0.1, -0.05) is 0 Å². The van der Waals surface area contributed by atoms with E-state index in [9.17, 15) is 4.79 Å². The van der Waals surface area contributed by atoms with Gasteiger partial charge in [0.1, 0.15) is 0 Å². The molecule has 0 unspecified atom stereocenters. The first-order valence-corrected chi connectivity index (χ1v) is 8.45. The van der Waals surface area contributed by atoms with Crippen LogP contribution in [0, 0.1) is 0 Å². The summed E-state index contributed by atoms with van der Waals surface area (Å²) in [6.45, 7) is 6.35. The smallest absolute Gasteiger partial charge is 0.224 e. The second-order valence-electron chi connectivity index (χ2n) is 4.95. The quantitative estimate of drug-likeness (QED) is 0.245. The van der Waals surface area contributed by atoms with Crippen LogP contribution >= 0.6 is 0 Å². The van der Waals surface area contributed by atoms with Gasteiger partial charge in [0.25, 0.3) is 0 Å². The molecule has 0 aromatic rings. The zero-order valence-electron chi connectivity index (χ0n) is 14.6. The molecule has 0 saturated heterocycles. The van der Waals surface area contributed by atoms with E-state index in [1.165, 1.54) is 0 Å². The van der Waals surface area contributed by atoms with Crippen molar-refractivity contribution in [1.82, 2.24) is 4.90 Å². The summed E-state index contributed by atoms with van der Waals surface area (Å²) in [5, 5.41) is 0. The maximum absolute atomic E-state index is 11.9. The molecule has 9 heteroatoms. The van der Waals surface area contributed by atoms with E-state index >= 15 is 0 Å². The van der Waals surface area contributed by atoms with E-state index in [-0.39, 0.29) is 5.91 Å². The lowest BCUT2D eigenvalue weighted by Crippen LogP contribution is -2.39. The van der Waals surface area contributed by atoms with Gasteiger partial charge in [0.2, 0.25) is 5.91 Å². The van der Waals surface area contributed by atoms with Crippen molar-refractivity contribution in [1.29, 1.82) is 0 Å². The molecule has 0 aromatic heterocycles. The van der Waals surface area contributed by atoms with Crippen LogP contribution in [0.25, 0.3) is 0 Å². The Balaban J connectivity index is 3.33. The normalized spacial score (nSPS) is 11.0. The van der Waals surface area contributed by atoms with Crippen molar-refractivity contribution in [2.75, 3.05) is 85.6 Å². The average Bonchev–Trinajstić information content (AvgIpc) is 2.58. The van der Waals surface area contributed by atoms with Crippen LogP contribution in [0.3, 0.4) is 0 Å². The van der Waals surface area contributed by atoms with Crippen molar-refractivity contribution in [3.8, 4) is 0 Å². The molecule has 0 heterocycles. The number of rotatable bonds is 18. The van der Waals surface area contributed by atoms with Gasteiger partial charge in [-0.2, -0.15) is 0 Å². The molecule has 0 aliphatic carbocycles. The number of hydrogen-bond acceptors (Lipinski definition) is 8. The lowest BCUT2D eigenvalue weighted by atomic mass is 10.3. The Morgan fingerprint density at radius 2 is 1.04 bits per heavy atom. The third-order valence-electron chi connectivity index (χ3n) is 2.99. The van der Waals surface area contributed by atoms with Gasteiger partial charge in [0.15, 0.2) is 0 Å². The Kier molecular flexibility index (Phi) is 17.9. The highest BCUT2D eigenvalue weighted by atomic mass is 16.6. The van der Waals surface area contributed by atoms with Crippen molar-refractivity contribution in [2.24, 2.45) is 17.2 Å². The number of nitrogens with two attached hydrogens (primary N) is 3. The Bertz CT molecular complexity index is 279. The topological polar surface area (TPSA) is 135 Å². The molecule has 0 rings (SSSR count). The summed E-state index contributed by atoms with van der Waals surface area (Å²) in [5.41, 5.74) is 16.2. The maximum atomic E-state index is 11.9. The second kappa shape index (κ2) is 18.5. The fourth-order valence-electron chi connectivity index (χ4n) is 1.84. The molecular formula is C15H34N4O5. The molecular weight excluding hydrogens is 316 g/mol. The van der Waals surface area contributed by atoms with Gasteiger partial charge >= 0.3 is 0 Å². The van der Waals surface area contributed by atoms with Crippen molar-refractivity contribution >= 4 is 5.91 Å². The summed E-state index contributed by atoms with van der Waals surface area (Å²) in [6, 6.07) is 0. The molecule has 9 nitrogen and oxygen atoms in total. The number of ether oxygens (including phenoxy) is 4. The molecule has 144 valence electrons. The van der Waals surface area contributed by atoms with Gasteiger partial charge in [-0.3, -0.25) is 4.79 Å². The molecule has 6 N–H and O–H groups in total. The fraction of sp³-hybridized carbons (Fsp3) is 0.933. The van der Waals surface area contributed by atoms with Crippen LogP contribution in [-0.2, 0) is 23.7 Å². The van der Waals surface area contributed by atoms with Crippen LogP contribution in [0.1, 0.15) is 6.42 Å². The number of amides is 1. The van der Waals surface area contributed by atoms with E-state index < -0.39 is 0 Å². The lowest BCUT2D eigenvalue weighted by molar-refractivity contribution is -0.132. The Hall–Kier alpha value is -0.810. The van der Waals surface area contributed by atoms with Crippen LogP contribution in [0.5, 0.6) is 0 Å². The summed E-state index contributed by atoms with van der Waals surface area (Å²) < 4.78 is 21.2. The maximum Gasteiger partial charge on any atom is 0.224 e.